The fourth-order valence-corrected chi connectivity index (χ4v) is 5.28. The van der Waals surface area contributed by atoms with E-state index >= 15 is 0 Å². The average Bonchev–Trinajstić information content (AvgIpc) is 2.46. The highest BCUT2D eigenvalue weighted by Gasteiger charge is 2.72. The highest BCUT2D eigenvalue weighted by atomic mass is 16.5. The van der Waals surface area contributed by atoms with Gasteiger partial charge in [-0.1, -0.05) is 12.6 Å². The first-order chi connectivity index (χ1) is 10.1. The molecule has 0 amide bonds. The lowest BCUT2D eigenvalue weighted by Gasteiger charge is -2.69. The van der Waals surface area contributed by atoms with Crippen molar-refractivity contribution in [2.75, 3.05) is 6.54 Å². The van der Waals surface area contributed by atoms with Crippen LogP contribution in [0.15, 0.2) is 30.4 Å². The second kappa shape index (κ2) is 3.51. The molecule has 1 saturated carbocycles. The van der Waals surface area contributed by atoms with Crippen molar-refractivity contribution in [2.45, 2.75) is 48.5 Å². The zero-order valence-corrected chi connectivity index (χ0v) is 11.8. The monoisotopic (exact) mass is 285 g/mol. The molecule has 4 heteroatoms. The number of piperidine rings is 1. The first kappa shape index (κ1) is 12.2. The standard InChI is InChI=1S/C17H19NO3/c1-9-13-8-17(20)14-6-10-2-3-11(19)7-12(10)16(17,4-5-18-14)15(9)21-13/h2-3,7,13-15,18-20H,1,4-6,8H2/t13?,14-,15+,16+,17-/m1/s1. The van der Waals surface area contributed by atoms with Gasteiger partial charge in [0, 0.05) is 12.5 Å². The van der Waals surface area contributed by atoms with Gasteiger partial charge in [0.05, 0.1) is 23.2 Å². The zero-order chi connectivity index (χ0) is 14.4. The van der Waals surface area contributed by atoms with E-state index in [1.807, 2.05) is 12.1 Å². The van der Waals surface area contributed by atoms with Gasteiger partial charge in [0.1, 0.15) is 5.75 Å². The van der Waals surface area contributed by atoms with Crippen molar-refractivity contribution in [3.63, 3.8) is 0 Å². The third-order valence-electron chi connectivity index (χ3n) is 6.25. The molecule has 3 N–H and O–H groups in total. The lowest BCUT2D eigenvalue weighted by molar-refractivity contribution is -0.255. The lowest BCUT2D eigenvalue weighted by Crippen LogP contribution is -2.81. The molecule has 0 spiro atoms. The summed E-state index contributed by atoms with van der Waals surface area (Å²) in [6.07, 6.45) is 2.10. The summed E-state index contributed by atoms with van der Waals surface area (Å²) in [6, 6.07) is 5.61. The van der Waals surface area contributed by atoms with Gasteiger partial charge in [-0.25, -0.2) is 0 Å². The molecule has 5 atom stereocenters. The number of phenolic OH excluding ortho intramolecular Hbond substituents is 1. The van der Waals surface area contributed by atoms with E-state index in [1.165, 1.54) is 5.56 Å². The molecule has 1 unspecified atom stereocenters. The minimum atomic E-state index is -0.805. The molecule has 21 heavy (non-hydrogen) atoms. The SMILES string of the molecule is C=C1C2C[C@@]3(O)[C@H]4Cc5ccc(O)cc5[C@@]3(CCN4)[C@H]1O2. The third kappa shape index (κ3) is 1.16. The molecule has 4 bridgehead atoms. The third-order valence-corrected chi connectivity index (χ3v) is 6.25. The number of nitrogens with one attached hydrogen (secondary N) is 1. The molecule has 4 fully saturated rings. The number of benzene rings is 1. The van der Waals surface area contributed by atoms with E-state index in [4.69, 9.17) is 4.74 Å². The zero-order valence-electron chi connectivity index (χ0n) is 11.8. The maximum Gasteiger partial charge on any atom is 0.115 e. The van der Waals surface area contributed by atoms with E-state index in [0.29, 0.717) is 6.42 Å². The van der Waals surface area contributed by atoms with Crippen molar-refractivity contribution in [3.05, 3.63) is 41.5 Å². The Labute approximate surface area is 123 Å². The topological polar surface area (TPSA) is 61.7 Å². The van der Waals surface area contributed by atoms with Crippen molar-refractivity contribution < 1.29 is 14.9 Å². The van der Waals surface area contributed by atoms with Crippen LogP contribution in [0.1, 0.15) is 24.0 Å². The summed E-state index contributed by atoms with van der Waals surface area (Å²) in [4.78, 5) is 0. The fraction of sp³-hybridized carbons (Fsp3) is 0.529. The van der Waals surface area contributed by atoms with Gasteiger partial charge in [-0.05, 0) is 48.2 Å². The molecule has 3 saturated heterocycles. The molecule has 1 aromatic rings. The Morgan fingerprint density at radius 1 is 1.38 bits per heavy atom. The van der Waals surface area contributed by atoms with E-state index in [1.54, 1.807) is 6.07 Å². The molecule has 3 aliphatic heterocycles. The number of phenols is 1. The van der Waals surface area contributed by atoms with Gasteiger partial charge in [0.15, 0.2) is 0 Å². The molecule has 110 valence electrons. The second-order valence-electron chi connectivity index (χ2n) is 6.98. The first-order valence-electron chi connectivity index (χ1n) is 7.68. The number of rotatable bonds is 0. The number of ether oxygens (including phenoxy) is 1. The number of hydrogen-bond acceptors (Lipinski definition) is 4. The van der Waals surface area contributed by atoms with Crippen LogP contribution in [0.2, 0.25) is 0 Å². The Hall–Kier alpha value is -1.36. The molecule has 0 radical (unpaired) electrons. The van der Waals surface area contributed by atoms with Crippen LogP contribution in [0.5, 0.6) is 5.75 Å². The average molecular weight is 285 g/mol. The van der Waals surface area contributed by atoms with Gasteiger partial charge in [0.2, 0.25) is 0 Å². The number of hydrogen-bond donors (Lipinski definition) is 3. The molecule has 1 aromatic carbocycles. The Balaban J connectivity index is 1.82. The maximum atomic E-state index is 11.6. The normalized spacial score (nSPS) is 46.3. The lowest BCUT2D eigenvalue weighted by atomic mass is 9.46. The summed E-state index contributed by atoms with van der Waals surface area (Å²) < 4.78 is 6.03. The van der Waals surface area contributed by atoms with Crippen molar-refractivity contribution in [3.8, 4) is 5.75 Å². The van der Waals surface area contributed by atoms with E-state index < -0.39 is 11.0 Å². The quantitative estimate of drug-likeness (QED) is 0.623. The van der Waals surface area contributed by atoms with E-state index in [9.17, 15) is 10.2 Å². The predicted molar refractivity (Wildman–Crippen MR) is 77.3 cm³/mol. The van der Waals surface area contributed by atoms with Gasteiger partial charge in [-0.3, -0.25) is 0 Å². The van der Waals surface area contributed by atoms with Crippen LogP contribution in [0.4, 0.5) is 0 Å². The Kier molecular flexibility index (Phi) is 2.04. The van der Waals surface area contributed by atoms with Crippen LogP contribution in [-0.4, -0.2) is 40.6 Å². The summed E-state index contributed by atoms with van der Waals surface area (Å²) in [5, 5.41) is 25.0. The molecular formula is C17H19NO3. The van der Waals surface area contributed by atoms with Gasteiger partial charge >= 0.3 is 0 Å². The van der Waals surface area contributed by atoms with Gasteiger partial charge < -0.3 is 20.3 Å². The molecule has 4 nitrogen and oxygen atoms in total. The summed E-state index contributed by atoms with van der Waals surface area (Å²) in [6.45, 7) is 5.05. The van der Waals surface area contributed by atoms with Crippen LogP contribution >= 0.6 is 0 Å². The highest BCUT2D eigenvalue weighted by molar-refractivity contribution is 5.53. The summed E-state index contributed by atoms with van der Waals surface area (Å²) in [5.41, 5.74) is 2.11. The Morgan fingerprint density at radius 3 is 3.05 bits per heavy atom. The summed E-state index contributed by atoms with van der Waals surface area (Å²) >= 11 is 0. The maximum absolute atomic E-state index is 11.6. The van der Waals surface area contributed by atoms with Crippen LogP contribution in [0, 0.1) is 0 Å². The molecule has 0 aromatic heterocycles. The van der Waals surface area contributed by atoms with Crippen molar-refractivity contribution in [1.29, 1.82) is 0 Å². The van der Waals surface area contributed by atoms with Crippen molar-refractivity contribution in [2.24, 2.45) is 0 Å². The largest absolute Gasteiger partial charge is 0.508 e. The first-order valence-corrected chi connectivity index (χ1v) is 7.68. The van der Waals surface area contributed by atoms with Crippen LogP contribution in [0.3, 0.4) is 0 Å². The predicted octanol–water partition coefficient (Wildman–Crippen LogP) is 1.01. The minimum absolute atomic E-state index is 0.00520. The highest BCUT2D eigenvalue weighted by Crippen LogP contribution is 2.63. The van der Waals surface area contributed by atoms with Gasteiger partial charge in [-0.15, -0.1) is 0 Å². The van der Waals surface area contributed by atoms with E-state index in [-0.39, 0.29) is 24.0 Å². The van der Waals surface area contributed by atoms with Crippen LogP contribution < -0.4 is 5.32 Å². The molecule has 3 heterocycles. The van der Waals surface area contributed by atoms with Gasteiger partial charge in [-0.2, -0.15) is 0 Å². The van der Waals surface area contributed by atoms with Crippen molar-refractivity contribution >= 4 is 0 Å². The summed E-state index contributed by atoms with van der Waals surface area (Å²) in [5.74, 6) is 0.259. The Morgan fingerprint density at radius 2 is 2.24 bits per heavy atom. The van der Waals surface area contributed by atoms with E-state index in [2.05, 4.69) is 11.9 Å². The van der Waals surface area contributed by atoms with Crippen LogP contribution in [-0.2, 0) is 16.6 Å². The van der Waals surface area contributed by atoms with Crippen molar-refractivity contribution in [1.82, 2.24) is 5.32 Å². The molecular weight excluding hydrogens is 266 g/mol. The molecule has 6 rings (SSSR count). The smallest absolute Gasteiger partial charge is 0.115 e. The number of aromatic hydroxyl groups is 1. The fourth-order valence-electron chi connectivity index (χ4n) is 5.28. The Bertz CT molecular complexity index is 672. The molecule has 2 aliphatic carbocycles. The van der Waals surface area contributed by atoms with Gasteiger partial charge in [0.25, 0.3) is 0 Å². The minimum Gasteiger partial charge on any atom is -0.508 e. The van der Waals surface area contributed by atoms with Crippen LogP contribution in [0.25, 0.3) is 0 Å². The molecule has 5 aliphatic rings. The number of aliphatic hydroxyl groups is 1. The summed E-state index contributed by atoms with van der Waals surface area (Å²) in [7, 11) is 0. The second-order valence-corrected chi connectivity index (χ2v) is 6.98. The van der Waals surface area contributed by atoms with E-state index in [0.717, 1.165) is 30.5 Å². The number of fused-ring (bicyclic) bond motifs is 1.